The number of methoxy groups -OCH3 is 2. The number of amides is 1. The van der Waals surface area contributed by atoms with Gasteiger partial charge in [-0.3, -0.25) is 9.59 Å². The van der Waals surface area contributed by atoms with Crippen molar-refractivity contribution in [1.29, 1.82) is 0 Å². The highest BCUT2D eigenvalue weighted by Gasteiger charge is 2.22. The van der Waals surface area contributed by atoms with Gasteiger partial charge >= 0.3 is 5.97 Å². The number of aromatic nitrogens is 1. The number of nitrogens with zero attached hydrogens (tertiary/aromatic N) is 1. The summed E-state index contributed by atoms with van der Waals surface area (Å²) in [5, 5.41) is 2.99. The quantitative estimate of drug-likeness (QED) is 0.599. The highest BCUT2D eigenvalue weighted by atomic mass is 16.5. The Balaban J connectivity index is 1.89. The number of carbonyl (C=O) groups is 2. The summed E-state index contributed by atoms with van der Waals surface area (Å²) >= 11 is 0. The van der Waals surface area contributed by atoms with Crippen LogP contribution in [0.15, 0.2) is 60.7 Å². The summed E-state index contributed by atoms with van der Waals surface area (Å²) in [6.07, 6.45) is 0.0590. The van der Waals surface area contributed by atoms with Crippen molar-refractivity contribution in [2.45, 2.75) is 26.3 Å². The predicted molar refractivity (Wildman–Crippen MR) is 115 cm³/mol. The number of hydrogen-bond donors (Lipinski definition) is 1. The van der Waals surface area contributed by atoms with E-state index in [0.717, 1.165) is 28.4 Å². The molecular formula is C24H26N2O4. The van der Waals surface area contributed by atoms with E-state index in [4.69, 9.17) is 9.47 Å². The minimum Gasteiger partial charge on any atom is -0.497 e. The number of esters is 1. The average Bonchev–Trinajstić information content (AvgIpc) is 3.07. The number of rotatable bonds is 7. The van der Waals surface area contributed by atoms with Crippen molar-refractivity contribution in [1.82, 2.24) is 9.88 Å². The lowest BCUT2D eigenvalue weighted by molar-refractivity contribution is -0.141. The van der Waals surface area contributed by atoms with Crippen molar-refractivity contribution in [3.05, 3.63) is 83.2 Å². The van der Waals surface area contributed by atoms with E-state index in [1.54, 1.807) is 7.11 Å². The maximum absolute atomic E-state index is 13.1. The Morgan fingerprint density at radius 1 is 1.00 bits per heavy atom. The molecule has 3 rings (SSSR count). The van der Waals surface area contributed by atoms with Crippen LogP contribution in [-0.4, -0.2) is 30.7 Å². The van der Waals surface area contributed by atoms with Gasteiger partial charge in [-0.1, -0.05) is 30.3 Å². The molecule has 1 unspecified atom stereocenters. The van der Waals surface area contributed by atoms with Crippen molar-refractivity contribution < 1.29 is 19.1 Å². The van der Waals surface area contributed by atoms with Crippen molar-refractivity contribution >= 4 is 11.9 Å². The molecule has 0 saturated carbocycles. The molecular weight excluding hydrogens is 380 g/mol. The first-order chi connectivity index (χ1) is 14.4. The fraction of sp³-hybridized carbons (Fsp3) is 0.250. The molecule has 0 aliphatic heterocycles. The summed E-state index contributed by atoms with van der Waals surface area (Å²) in [7, 11) is 2.97. The molecule has 0 aliphatic carbocycles. The zero-order chi connectivity index (χ0) is 21.7. The van der Waals surface area contributed by atoms with Crippen LogP contribution in [0.3, 0.4) is 0 Å². The molecule has 156 valence electrons. The van der Waals surface area contributed by atoms with Crippen molar-refractivity contribution in [3.63, 3.8) is 0 Å². The van der Waals surface area contributed by atoms with Crippen LogP contribution in [-0.2, 0) is 9.53 Å². The van der Waals surface area contributed by atoms with E-state index in [9.17, 15) is 9.59 Å². The van der Waals surface area contributed by atoms with Gasteiger partial charge in [-0.15, -0.1) is 0 Å². The zero-order valence-electron chi connectivity index (χ0n) is 17.6. The second-order valence-corrected chi connectivity index (χ2v) is 7.04. The SMILES string of the molecule is COC(=O)CC(NC(=O)c1cc(C)n(-c2ccc(OC)cc2)c1C)c1ccccc1. The Morgan fingerprint density at radius 3 is 2.27 bits per heavy atom. The summed E-state index contributed by atoms with van der Waals surface area (Å²) < 4.78 is 12.1. The highest BCUT2D eigenvalue weighted by molar-refractivity contribution is 5.96. The van der Waals surface area contributed by atoms with Gasteiger partial charge in [0, 0.05) is 17.1 Å². The van der Waals surface area contributed by atoms with Crippen LogP contribution in [0, 0.1) is 13.8 Å². The monoisotopic (exact) mass is 406 g/mol. The normalized spacial score (nSPS) is 11.6. The van der Waals surface area contributed by atoms with Gasteiger partial charge in [0.05, 0.1) is 32.2 Å². The van der Waals surface area contributed by atoms with Crippen molar-refractivity contribution in [2.24, 2.45) is 0 Å². The second-order valence-electron chi connectivity index (χ2n) is 7.04. The third-order valence-electron chi connectivity index (χ3n) is 5.11. The molecule has 6 nitrogen and oxygen atoms in total. The molecule has 0 saturated heterocycles. The first kappa shape index (κ1) is 21.2. The van der Waals surface area contributed by atoms with Gasteiger partial charge in [-0.2, -0.15) is 0 Å². The summed E-state index contributed by atoms with van der Waals surface area (Å²) in [6.45, 7) is 3.86. The van der Waals surface area contributed by atoms with Crippen LogP contribution < -0.4 is 10.1 Å². The molecule has 0 radical (unpaired) electrons. The number of ether oxygens (including phenoxy) is 2. The fourth-order valence-corrected chi connectivity index (χ4v) is 3.54. The summed E-state index contributed by atoms with van der Waals surface area (Å²) in [5.74, 6) is 0.154. The Kier molecular flexibility index (Phi) is 6.57. The third kappa shape index (κ3) is 4.54. The first-order valence-electron chi connectivity index (χ1n) is 9.70. The van der Waals surface area contributed by atoms with E-state index >= 15 is 0 Å². The standard InChI is InChI=1S/C24H26N2O4/c1-16-14-21(17(2)26(16)19-10-12-20(29-3)13-11-19)24(28)25-22(15-23(27)30-4)18-8-6-5-7-9-18/h5-14,22H,15H2,1-4H3,(H,25,28). The molecule has 1 aromatic heterocycles. The molecule has 1 N–H and O–H groups in total. The molecule has 1 amide bonds. The summed E-state index contributed by atoms with van der Waals surface area (Å²) in [4.78, 5) is 25.0. The molecule has 1 heterocycles. The van der Waals surface area contributed by atoms with Crippen molar-refractivity contribution in [2.75, 3.05) is 14.2 Å². The minimum atomic E-state index is -0.477. The third-order valence-corrected chi connectivity index (χ3v) is 5.11. The lowest BCUT2D eigenvalue weighted by Crippen LogP contribution is -2.30. The Labute approximate surface area is 176 Å². The predicted octanol–water partition coefficient (Wildman–Crippen LogP) is 4.14. The zero-order valence-corrected chi connectivity index (χ0v) is 17.6. The molecule has 0 bridgehead atoms. The molecule has 0 fully saturated rings. The molecule has 3 aromatic rings. The van der Waals surface area contributed by atoms with E-state index < -0.39 is 6.04 Å². The van der Waals surface area contributed by atoms with Crippen molar-refractivity contribution in [3.8, 4) is 11.4 Å². The smallest absolute Gasteiger partial charge is 0.307 e. The second kappa shape index (κ2) is 9.31. The van der Waals surface area contributed by atoms with E-state index in [2.05, 4.69) is 5.32 Å². The highest BCUT2D eigenvalue weighted by Crippen LogP contribution is 2.24. The van der Waals surface area contributed by atoms with Gasteiger partial charge in [0.1, 0.15) is 5.75 Å². The van der Waals surface area contributed by atoms with Crippen LogP contribution in [0.2, 0.25) is 0 Å². The number of aryl methyl sites for hydroxylation is 1. The summed E-state index contributed by atoms with van der Waals surface area (Å²) in [5.41, 5.74) is 4.11. The number of benzene rings is 2. The first-order valence-corrected chi connectivity index (χ1v) is 9.70. The molecule has 6 heteroatoms. The molecule has 2 aromatic carbocycles. The molecule has 30 heavy (non-hydrogen) atoms. The Bertz CT molecular complexity index is 1020. The van der Waals surface area contributed by atoms with Gasteiger partial charge in [0.25, 0.3) is 5.91 Å². The van der Waals surface area contributed by atoms with Crippen LogP contribution in [0.25, 0.3) is 5.69 Å². The van der Waals surface area contributed by atoms with Gasteiger partial charge in [-0.25, -0.2) is 0 Å². The number of nitrogens with one attached hydrogen (secondary N) is 1. The van der Waals surface area contributed by atoms with Crippen LogP contribution in [0.5, 0.6) is 5.75 Å². The van der Waals surface area contributed by atoms with Gasteiger partial charge < -0.3 is 19.4 Å². The van der Waals surface area contributed by atoms with Gasteiger partial charge in [-0.05, 0) is 49.7 Å². The molecule has 0 aliphatic rings. The lowest BCUT2D eigenvalue weighted by Gasteiger charge is -2.18. The van der Waals surface area contributed by atoms with E-state index in [0.29, 0.717) is 5.56 Å². The molecule has 1 atom stereocenters. The van der Waals surface area contributed by atoms with Gasteiger partial charge in [0.15, 0.2) is 0 Å². The van der Waals surface area contributed by atoms with E-state index in [-0.39, 0.29) is 18.3 Å². The Morgan fingerprint density at radius 2 is 1.67 bits per heavy atom. The van der Waals surface area contributed by atoms with Crippen LogP contribution in [0.1, 0.15) is 39.8 Å². The number of carbonyl (C=O) groups excluding carboxylic acids is 2. The van der Waals surface area contributed by atoms with E-state index in [1.165, 1.54) is 7.11 Å². The maximum Gasteiger partial charge on any atom is 0.307 e. The van der Waals surface area contributed by atoms with Crippen LogP contribution in [0.4, 0.5) is 0 Å². The fourth-order valence-electron chi connectivity index (χ4n) is 3.54. The Hall–Kier alpha value is -3.54. The largest absolute Gasteiger partial charge is 0.497 e. The van der Waals surface area contributed by atoms with Crippen LogP contribution >= 0.6 is 0 Å². The van der Waals surface area contributed by atoms with E-state index in [1.807, 2.05) is 79.1 Å². The van der Waals surface area contributed by atoms with Gasteiger partial charge in [0.2, 0.25) is 0 Å². The summed E-state index contributed by atoms with van der Waals surface area (Å²) in [6, 6.07) is 18.5. The molecule has 0 spiro atoms. The lowest BCUT2D eigenvalue weighted by atomic mass is 10.0. The maximum atomic E-state index is 13.1. The number of hydrogen-bond acceptors (Lipinski definition) is 4. The average molecular weight is 406 g/mol. The topological polar surface area (TPSA) is 69.6 Å². The minimum absolute atomic E-state index is 0.0590.